The number of ether oxygens (including phenoxy) is 1. The van der Waals surface area contributed by atoms with Gasteiger partial charge in [-0.05, 0) is 56.9 Å². The summed E-state index contributed by atoms with van der Waals surface area (Å²) in [5.74, 6) is 0.311. The molecule has 1 fully saturated rings. The van der Waals surface area contributed by atoms with Crippen molar-refractivity contribution < 1.29 is 27.1 Å². The van der Waals surface area contributed by atoms with E-state index in [2.05, 4.69) is 20.1 Å². The fourth-order valence-electron chi connectivity index (χ4n) is 5.22. The predicted octanol–water partition coefficient (Wildman–Crippen LogP) is 4.43. The highest BCUT2D eigenvalue weighted by molar-refractivity contribution is 5.80. The molecule has 3 heterocycles. The molecule has 1 aliphatic heterocycles. The van der Waals surface area contributed by atoms with Gasteiger partial charge in [-0.2, -0.15) is 28.2 Å². The maximum Gasteiger partial charge on any atom is 0.425 e. The molecule has 2 aromatic heterocycles. The topological polar surface area (TPSA) is 73.1 Å². The van der Waals surface area contributed by atoms with Crippen LogP contribution in [0.5, 0.6) is 5.88 Å². The molecule has 7 nitrogen and oxygen atoms in total. The predicted molar refractivity (Wildman–Crippen MR) is 129 cm³/mol. The molecule has 0 unspecified atom stereocenters. The third kappa shape index (κ3) is 7.72. The number of pyridine rings is 1. The maximum atomic E-state index is 15.6. The number of ketones is 1. The van der Waals surface area contributed by atoms with E-state index in [9.17, 15) is 18.0 Å². The number of carbonyl (C=O) groups is 1. The van der Waals surface area contributed by atoms with E-state index in [4.69, 9.17) is 4.74 Å². The number of halogens is 4. The molecule has 11 heteroatoms. The Hall–Kier alpha value is -2.56. The second-order valence-corrected chi connectivity index (χ2v) is 10.5. The maximum absolute atomic E-state index is 15.6. The van der Waals surface area contributed by atoms with Crippen LogP contribution in [0.3, 0.4) is 0 Å². The summed E-state index contributed by atoms with van der Waals surface area (Å²) in [5.41, 5.74) is 1.18. The van der Waals surface area contributed by atoms with E-state index in [1.54, 1.807) is 19.3 Å². The van der Waals surface area contributed by atoms with Crippen LogP contribution in [0.2, 0.25) is 0 Å². The summed E-state index contributed by atoms with van der Waals surface area (Å²) in [4.78, 5) is 20.4. The fourth-order valence-corrected chi connectivity index (χ4v) is 5.22. The molecular formula is C26H35F4N5O2. The normalized spacial score (nSPS) is 23.8. The Balaban J connectivity index is 1.21. The SMILES string of the molecule is C[C@@H](Oc1ccc2c(n1)CCN(CCC1(F)CCC(CC(=O)Cc3cnn(C)n3)CC1)CC2)C(F)(F)F. The number of carbonyl (C=O) groups excluding carboxylic acids is 1. The van der Waals surface area contributed by atoms with Gasteiger partial charge in [-0.15, -0.1) is 0 Å². The highest BCUT2D eigenvalue weighted by Gasteiger charge is 2.38. The zero-order valence-corrected chi connectivity index (χ0v) is 21.4. The van der Waals surface area contributed by atoms with Crippen molar-refractivity contribution in [1.82, 2.24) is 24.9 Å². The average Bonchev–Trinajstić information content (AvgIpc) is 3.13. The molecule has 0 N–H and O–H groups in total. The van der Waals surface area contributed by atoms with Crippen LogP contribution in [-0.4, -0.2) is 68.2 Å². The van der Waals surface area contributed by atoms with Crippen molar-refractivity contribution in [2.75, 3.05) is 19.6 Å². The van der Waals surface area contributed by atoms with Gasteiger partial charge in [-0.3, -0.25) is 4.79 Å². The zero-order valence-electron chi connectivity index (χ0n) is 21.4. The van der Waals surface area contributed by atoms with Crippen LogP contribution in [0.25, 0.3) is 0 Å². The van der Waals surface area contributed by atoms with Crippen molar-refractivity contribution in [2.24, 2.45) is 13.0 Å². The molecule has 4 rings (SSSR count). The van der Waals surface area contributed by atoms with Crippen molar-refractivity contribution >= 4 is 5.78 Å². The summed E-state index contributed by atoms with van der Waals surface area (Å²) in [6, 6.07) is 3.28. The van der Waals surface area contributed by atoms with Crippen LogP contribution >= 0.6 is 0 Å². The van der Waals surface area contributed by atoms with Gasteiger partial charge in [0.05, 0.1) is 18.3 Å². The smallest absolute Gasteiger partial charge is 0.425 e. The summed E-state index contributed by atoms with van der Waals surface area (Å²) in [6.07, 6.45) is 0.0333. The minimum absolute atomic E-state index is 0.0216. The van der Waals surface area contributed by atoms with Crippen LogP contribution in [0.15, 0.2) is 18.3 Å². The number of Topliss-reactive ketones (excluding diaryl/α,β-unsaturated/α-hetero) is 1. The van der Waals surface area contributed by atoms with Crippen molar-refractivity contribution in [3.63, 3.8) is 0 Å². The largest absolute Gasteiger partial charge is 0.465 e. The van der Waals surface area contributed by atoms with Gasteiger partial charge in [-0.1, -0.05) is 6.07 Å². The number of hydrogen-bond donors (Lipinski definition) is 0. The molecule has 37 heavy (non-hydrogen) atoms. The average molecular weight is 526 g/mol. The number of hydrogen-bond acceptors (Lipinski definition) is 6. The van der Waals surface area contributed by atoms with Crippen LogP contribution < -0.4 is 4.74 Å². The molecule has 2 aromatic rings. The van der Waals surface area contributed by atoms with Crippen LogP contribution in [0.1, 0.15) is 62.4 Å². The summed E-state index contributed by atoms with van der Waals surface area (Å²) >= 11 is 0. The number of aromatic nitrogens is 4. The number of rotatable bonds is 9. The van der Waals surface area contributed by atoms with Crippen molar-refractivity contribution in [3.05, 3.63) is 35.3 Å². The van der Waals surface area contributed by atoms with Crippen molar-refractivity contribution in [3.8, 4) is 5.88 Å². The molecule has 1 aliphatic carbocycles. The third-order valence-corrected chi connectivity index (χ3v) is 7.58. The lowest BCUT2D eigenvalue weighted by molar-refractivity contribution is -0.190. The number of alkyl halides is 4. The van der Waals surface area contributed by atoms with E-state index >= 15 is 4.39 Å². The van der Waals surface area contributed by atoms with Gasteiger partial charge >= 0.3 is 6.18 Å². The number of aryl methyl sites for hydroxylation is 1. The minimum Gasteiger partial charge on any atom is -0.465 e. The monoisotopic (exact) mass is 525 g/mol. The standard InChI is InChI=1S/C26H35F4N5O2/c1-18(26(28,29)30)37-24-4-3-20-7-12-35(13-8-23(20)32-24)14-11-25(27)9-5-19(6-10-25)15-22(36)16-21-17-31-34(2)33-21/h3-4,17-19H,5-16H2,1-2H3/t18-,19?,25?/m1/s1. The Morgan fingerprint density at radius 2 is 1.95 bits per heavy atom. The number of nitrogens with zero attached hydrogens (tertiary/aromatic N) is 5. The molecule has 0 radical (unpaired) electrons. The Kier molecular flexibility index (Phi) is 8.50. The third-order valence-electron chi connectivity index (χ3n) is 7.58. The first-order chi connectivity index (χ1) is 17.5. The molecule has 2 aliphatic rings. The van der Waals surface area contributed by atoms with Gasteiger partial charge in [-0.25, -0.2) is 9.37 Å². The quantitative estimate of drug-likeness (QED) is 0.451. The second kappa shape index (κ2) is 11.4. The molecule has 1 saturated carbocycles. The van der Waals surface area contributed by atoms with Gasteiger partial charge in [0.25, 0.3) is 0 Å². The summed E-state index contributed by atoms with van der Waals surface area (Å²) in [5, 5.41) is 8.14. The van der Waals surface area contributed by atoms with E-state index in [1.807, 2.05) is 0 Å². The Labute approximate surface area is 214 Å². The van der Waals surface area contributed by atoms with Gasteiger partial charge in [0.15, 0.2) is 6.10 Å². The van der Waals surface area contributed by atoms with E-state index in [1.165, 1.54) is 10.9 Å². The summed E-state index contributed by atoms with van der Waals surface area (Å²) in [7, 11) is 1.71. The van der Waals surface area contributed by atoms with Gasteiger partial charge < -0.3 is 9.64 Å². The highest BCUT2D eigenvalue weighted by atomic mass is 19.4. The first kappa shape index (κ1) is 27.5. The molecule has 0 spiro atoms. The van der Waals surface area contributed by atoms with Crippen molar-refractivity contribution in [1.29, 1.82) is 0 Å². The van der Waals surface area contributed by atoms with E-state index < -0.39 is 17.9 Å². The van der Waals surface area contributed by atoms with E-state index in [-0.39, 0.29) is 24.0 Å². The highest BCUT2D eigenvalue weighted by Crippen LogP contribution is 2.39. The molecule has 0 bridgehead atoms. The molecule has 0 amide bonds. The summed E-state index contributed by atoms with van der Waals surface area (Å²) < 4.78 is 59.0. The first-order valence-corrected chi connectivity index (χ1v) is 13.0. The van der Waals surface area contributed by atoms with Gasteiger partial charge in [0.1, 0.15) is 11.5 Å². The molecule has 204 valence electrons. The fraction of sp³-hybridized carbons (Fsp3) is 0.692. The lowest BCUT2D eigenvalue weighted by Gasteiger charge is -2.35. The number of fused-ring (bicyclic) bond motifs is 1. The lowest BCUT2D eigenvalue weighted by atomic mass is 9.76. The Morgan fingerprint density at radius 3 is 2.62 bits per heavy atom. The second-order valence-electron chi connectivity index (χ2n) is 10.5. The van der Waals surface area contributed by atoms with Crippen molar-refractivity contribution in [2.45, 2.75) is 82.7 Å². The zero-order chi connectivity index (χ0) is 26.6. The van der Waals surface area contributed by atoms with Crippen LogP contribution in [0.4, 0.5) is 17.6 Å². The van der Waals surface area contributed by atoms with E-state index in [0.29, 0.717) is 70.2 Å². The molecule has 1 atom stereocenters. The van der Waals surface area contributed by atoms with E-state index in [0.717, 1.165) is 24.7 Å². The van der Waals surface area contributed by atoms with Gasteiger partial charge in [0.2, 0.25) is 5.88 Å². The Bertz CT molecular complexity index is 1070. The molecule has 0 aromatic carbocycles. The lowest BCUT2D eigenvalue weighted by Crippen LogP contribution is -2.36. The molecular weight excluding hydrogens is 490 g/mol. The van der Waals surface area contributed by atoms with Crippen LogP contribution in [0, 0.1) is 5.92 Å². The molecule has 0 saturated heterocycles. The first-order valence-electron chi connectivity index (χ1n) is 13.0. The van der Waals surface area contributed by atoms with Gasteiger partial charge in [0, 0.05) is 51.3 Å². The Morgan fingerprint density at radius 1 is 1.22 bits per heavy atom. The minimum atomic E-state index is -4.44. The van der Waals surface area contributed by atoms with Crippen LogP contribution in [-0.2, 0) is 31.1 Å². The summed E-state index contributed by atoms with van der Waals surface area (Å²) in [6.45, 7) is 3.01.